The number of carbonyl (C=O) groups is 1. The van der Waals surface area contributed by atoms with Crippen LogP contribution in [0.1, 0.15) is 30.7 Å². The van der Waals surface area contributed by atoms with Crippen LogP contribution in [0, 0.1) is 6.92 Å². The van der Waals surface area contributed by atoms with Gasteiger partial charge in [-0.2, -0.15) is 0 Å². The number of aromatic nitrogens is 2. The standard InChI is InChI=1S/C16H22N4O/c1-12-18-14-5-4-13(10-15(14)19-12)11-17-16(21)6-9-20-7-2-3-8-20/h4-5,10H,2-3,6-9,11H2,1H3,(H,17,21)(H,18,19). The molecule has 2 N–H and O–H groups in total. The number of rotatable bonds is 5. The maximum absolute atomic E-state index is 11.9. The first-order chi connectivity index (χ1) is 10.2. The molecule has 1 amide bonds. The van der Waals surface area contributed by atoms with Crippen molar-refractivity contribution in [3.63, 3.8) is 0 Å². The first-order valence-electron chi connectivity index (χ1n) is 7.65. The van der Waals surface area contributed by atoms with E-state index in [9.17, 15) is 4.79 Å². The molecular weight excluding hydrogens is 264 g/mol. The van der Waals surface area contributed by atoms with Crippen molar-refractivity contribution in [3.8, 4) is 0 Å². The normalized spacial score (nSPS) is 15.7. The van der Waals surface area contributed by atoms with Crippen molar-refractivity contribution in [1.82, 2.24) is 20.2 Å². The second kappa shape index (κ2) is 6.26. The molecule has 1 aliphatic rings. The predicted octanol–water partition coefficient (Wildman–Crippen LogP) is 1.97. The Morgan fingerprint density at radius 1 is 1.38 bits per heavy atom. The summed E-state index contributed by atoms with van der Waals surface area (Å²) < 4.78 is 0. The SMILES string of the molecule is Cc1nc2ccc(CNC(=O)CCN3CCCC3)cc2[nH]1. The highest BCUT2D eigenvalue weighted by atomic mass is 16.1. The molecule has 3 rings (SSSR count). The Morgan fingerprint density at radius 3 is 3.00 bits per heavy atom. The molecule has 0 bridgehead atoms. The number of nitrogens with zero attached hydrogens (tertiary/aromatic N) is 2. The van der Waals surface area contributed by atoms with Crippen LogP contribution in [-0.2, 0) is 11.3 Å². The number of nitrogens with one attached hydrogen (secondary N) is 2. The summed E-state index contributed by atoms with van der Waals surface area (Å²) in [5.74, 6) is 1.04. The van der Waals surface area contributed by atoms with Gasteiger partial charge in [0.25, 0.3) is 0 Å². The summed E-state index contributed by atoms with van der Waals surface area (Å²) in [5.41, 5.74) is 3.09. The van der Waals surface area contributed by atoms with Gasteiger partial charge in [0.05, 0.1) is 11.0 Å². The van der Waals surface area contributed by atoms with E-state index in [-0.39, 0.29) is 5.91 Å². The lowest BCUT2D eigenvalue weighted by Crippen LogP contribution is -2.29. The highest BCUT2D eigenvalue weighted by molar-refractivity contribution is 5.77. The number of amides is 1. The van der Waals surface area contributed by atoms with E-state index in [0.717, 1.165) is 42.1 Å². The van der Waals surface area contributed by atoms with Crippen LogP contribution >= 0.6 is 0 Å². The fourth-order valence-corrected chi connectivity index (χ4v) is 2.85. The summed E-state index contributed by atoms with van der Waals surface area (Å²) in [7, 11) is 0. The quantitative estimate of drug-likeness (QED) is 0.883. The van der Waals surface area contributed by atoms with E-state index in [1.807, 2.05) is 19.1 Å². The maximum Gasteiger partial charge on any atom is 0.221 e. The molecule has 0 spiro atoms. The van der Waals surface area contributed by atoms with Gasteiger partial charge in [-0.05, 0) is 50.6 Å². The summed E-state index contributed by atoms with van der Waals surface area (Å²) in [5, 5.41) is 2.99. The zero-order chi connectivity index (χ0) is 14.7. The number of hydrogen-bond acceptors (Lipinski definition) is 3. The van der Waals surface area contributed by atoms with Gasteiger partial charge in [-0.1, -0.05) is 6.07 Å². The molecule has 21 heavy (non-hydrogen) atoms. The lowest BCUT2D eigenvalue weighted by molar-refractivity contribution is -0.121. The third-order valence-corrected chi connectivity index (χ3v) is 4.01. The van der Waals surface area contributed by atoms with Gasteiger partial charge in [0.2, 0.25) is 5.91 Å². The molecule has 0 atom stereocenters. The van der Waals surface area contributed by atoms with Gasteiger partial charge in [-0.3, -0.25) is 4.79 Å². The summed E-state index contributed by atoms with van der Waals surface area (Å²) in [4.78, 5) is 21.8. The van der Waals surface area contributed by atoms with Gasteiger partial charge >= 0.3 is 0 Å². The zero-order valence-corrected chi connectivity index (χ0v) is 12.5. The Morgan fingerprint density at radius 2 is 2.19 bits per heavy atom. The van der Waals surface area contributed by atoms with E-state index in [1.165, 1.54) is 12.8 Å². The van der Waals surface area contributed by atoms with Gasteiger partial charge in [0.15, 0.2) is 0 Å². The second-order valence-corrected chi connectivity index (χ2v) is 5.75. The highest BCUT2D eigenvalue weighted by Gasteiger charge is 2.12. The van der Waals surface area contributed by atoms with Crippen molar-refractivity contribution in [2.45, 2.75) is 32.7 Å². The van der Waals surface area contributed by atoms with Crippen molar-refractivity contribution in [3.05, 3.63) is 29.6 Å². The predicted molar refractivity (Wildman–Crippen MR) is 83.0 cm³/mol. The number of benzene rings is 1. The fourth-order valence-electron chi connectivity index (χ4n) is 2.85. The average Bonchev–Trinajstić information content (AvgIpc) is 3.10. The van der Waals surface area contributed by atoms with Crippen LogP contribution in [0.25, 0.3) is 11.0 Å². The van der Waals surface area contributed by atoms with Crippen LogP contribution in [0.3, 0.4) is 0 Å². The molecular formula is C16H22N4O. The average molecular weight is 286 g/mol. The molecule has 0 radical (unpaired) electrons. The number of carbonyl (C=O) groups excluding carboxylic acids is 1. The lowest BCUT2D eigenvalue weighted by Gasteiger charge is -2.13. The molecule has 1 saturated heterocycles. The summed E-state index contributed by atoms with van der Waals surface area (Å²) in [6, 6.07) is 6.06. The summed E-state index contributed by atoms with van der Waals surface area (Å²) in [6.07, 6.45) is 3.13. The van der Waals surface area contributed by atoms with Gasteiger partial charge in [0, 0.05) is 19.5 Å². The number of aryl methyl sites for hydroxylation is 1. The van der Waals surface area contributed by atoms with Crippen LogP contribution < -0.4 is 5.32 Å². The third-order valence-electron chi connectivity index (χ3n) is 4.01. The van der Waals surface area contributed by atoms with Crippen LogP contribution in [0.2, 0.25) is 0 Å². The maximum atomic E-state index is 11.9. The molecule has 112 valence electrons. The third kappa shape index (κ3) is 3.61. The second-order valence-electron chi connectivity index (χ2n) is 5.75. The molecule has 5 heteroatoms. The minimum Gasteiger partial charge on any atom is -0.352 e. The highest BCUT2D eigenvalue weighted by Crippen LogP contribution is 2.13. The smallest absolute Gasteiger partial charge is 0.221 e. The van der Waals surface area contributed by atoms with Gasteiger partial charge in [0.1, 0.15) is 5.82 Å². The van der Waals surface area contributed by atoms with E-state index in [0.29, 0.717) is 13.0 Å². The molecule has 0 saturated carbocycles. The van der Waals surface area contributed by atoms with Gasteiger partial charge in [-0.25, -0.2) is 4.98 Å². The molecule has 5 nitrogen and oxygen atoms in total. The van der Waals surface area contributed by atoms with Crippen molar-refractivity contribution in [2.75, 3.05) is 19.6 Å². The number of aromatic amines is 1. The van der Waals surface area contributed by atoms with Crippen molar-refractivity contribution in [1.29, 1.82) is 0 Å². The Kier molecular flexibility index (Phi) is 4.20. The number of H-pyrrole nitrogens is 1. The van der Waals surface area contributed by atoms with E-state index in [2.05, 4.69) is 26.3 Å². The molecule has 0 aliphatic carbocycles. The van der Waals surface area contributed by atoms with Crippen LogP contribution in [-0.4, -0.2) is 40.4 Å². The number of hydrogen-bond donors (Lipinski definition) is 2. The number of fused-ring (bicyclic) bond motifs is 1. The lowest BCUT2D eigenvalue weighted by atomic mass is 10.2. The van der Waals surface area contributed by atoms with Gasteiger partial charge < -0.3 is 15.2 Å². The number of imidazole rings is 1. The molecule has 0 unspecified atom stereocenters. The fraction of sp³-hybridized carbons (Fsp3) is 0.500. The van der Waals surface area contributed by atoms with Crippen LogP contribution in [0.5, 0.6) is 0 Å². The van der Waals surface area contributed by atoms with Crippen LogP contribution in [0.15, 0.2) is 18.2 Å². The van der Waals surface area contributed by atoms with E-state index >= 15 is 0 Å². The first kappa shape index (κ1) is 14.1. The van der Waals surface area contributed by atoms with Crippen molar-refractivity contribution < 1.29 is 4.79 Å². The number of likely N-dealkylation sites (tertiary alicyclic amines) is 1. The van der Waals surface area contributed by atoms with E-state index < -0.39 is 0 Å². The molecule has 2 aromatic rings. The minimum atomic E-state index is 0.128. The largest absolute Gasteiger partial charge is 0.352 e. The van der Waals surface area contributed by atoms with Crippen LogP contribution in [0.4, 0.5) is 0 Å². The van der Waals surface area contributed by atoms with Crippen molar-refractivity contribution in [2.24, 2.45) is 0 Å². The summed E-state index contributed by atoms with van der Waals surface area (Å²) in [6.45, 7) is 5.68. The van der Waals surface area contributed by atoms with E-state index in [1.54, 1.807) is 0 Å². The summed E-state index contributed by atoms with van der Waals surface area (Å²) >= 11 is 0. The Balaban J connectivity index is 1.49. The molecule has 1 aromatic carbocycles. The van der Waals surface area contributed by atoms with Gasteiger partial charge in [-0.15, -0.1) is 0 Å². The van der Waals surface area contributed by atoms with Crippen molar-refractivity contribution >= 4 is 16.9 Å². The Bertz CT molecular complexity index is 628. The zero-order valence-electron chi connectivity index (χ0n) is 12.5. The van der Waals surface area contributed by atoms with E-state index in [4.69, 9.17) is 0 Å². The topological polar surface area (TPSA) is 61.0 Å². The minimum absolute atomic E-state index is 0.128. The monoisotopic (exact) mass is 286 g/mol. The molecule has 1 aliphatic heterocycles. The molecule has 2 heterocycles. The molecule has 1 aromatic heterocycles. The first-order valence-corrected chi connectivity index (χ1v) is 7.65. The Hall–Kier alpha value is -1.88. The molecule has 1 fully saturated rings. The Labute approximate surface area is 124 Å².